The Hall–Kier alpha value is -2.83. The molecule has 5 nitrogen and oxygen atoms in total. The second kappa shape index (κ2) is 8.46. The number of aryl methyl sites for hydroxylation is 1. The average molecular weight is 397 g/mol. The van der Waals surface area contributed by atoms with Crippen LogP contribution in [-0.2, 0) is 10.0 Å². The summed E-state index contributed by atoms with van der Waals surface area (Å²) in [5.41, 5.74) is 2.50. The summed E-state index contributed by atoms with van der Waals surface area (Å²) in [4.78, 5) is 0.236. The Kier molecular flexibility index (Phi) is 6.02. The Morgan fingerprint density at radius 1 is 0.786 bits per heavy atom. The Bertz CT molecular complexity index is 981. The summed E-state index contributed by atoms with van der Waals surface area (Å²) in [7, 11) is -0.535. The standard InChI is InChI=1S/C22H23NO4S/c1-16-5-4-6-21(15-16)28(24,25)23-22(17-7-11-19(26-2)12-8-17)18-9-13-20(27-3)14-10-18/h4-15,22-23H,1-3H3. The third kappa shape index (κ3) is 4.52. The van der Waals surface area contributed by atoms with E-state index in [0.717, 1.165) is 16.7 Å². The van der Waals surface area contributed by atoms with Crippen molar-refractivity contribution in [1.82, 2.24) is 4.72 Å². The van der Waals surface area contributed by atoms with Crippen LogP contribution in [-0.4, -0.2) is 22.6 Å². The molecule has 6 heteroatoms. The fourth-order valence-electron chi connectivity index (χ4n) is 2.93. The lowest BCUT2D eigenvalue weighted by molar-refractivity contribution is 0.414. The minimum absolute atomic E-state index is 0.236. The highest BCUT2D eigenvalue weighted by Gasteiger charge is 2.23. The normalized spacial score (nSPS) is 11.4. The van der Waals surface area contributed by atoms with Gasteiger partial charge < -0.3 is 9.47 Å². The number of methoxy groups -OCH3 is 2. The second-order valence-electron chi connectivity index (χ2n) is 6.42. The summed E-state index contributed by atoms with van der Waals surface area (Å²) in [5, 5.41) is 0. The van der Waals surface area contributed by atoms with Gasteiger partial charge in [0.2, 0.25) is 10.0 Å². The molecule has 3 aromatic carbocycles. The topological polar surface area (TPSA) is 64.6 Å². The van der Waals surface area contributed by atoms with Crippen molar-refractivity contribution in [2.24, 2.45) is 0 Å². The van der Waals surface area contributed by atoms with Gasteiger partial charge in [0.25, 0.3) is 0 Å². The smallest absolute Gasteiger partial charge is 0.241 e. The van der Waals surface area contributed by atoms with Crippen LogP contribution < -0.4 is 14.2 Å². The molecule has 0 atom stereocenters. The van der Waals surface area contributed by atoms with Crippen LogP contribution >= 0.6 is 0 Å². The van der Waals surface area contributed by atoms with E-state index in [9.17, 15) is 8.42 Å². The summed E-state index contributed by atoms with van der Waals surface area (Å²) in [6, 6.07) is 21.0. The quantitative estimate of drug-likeness (QED) is 0.652. The molecule has 0 heterocycles. The van der Waals surface area contributed by atoms with Gasteiger partial charge in [0.1, 0.15) is 11.5 Å². The highest BCUT2D eigenvalue weighted by atomic mass is 32.2. The number of rotatable bonds is 7. The second-order valence-corrected chi connectivity index (χ2v) is 8.13. The molecule has 0 fully saturated rings. The molecule has 28 heavy (non-hydrogen) atoms. The molecule has 0 bridgehead atoms. The first-order valence-corrected chi connectivity index (χ1v) is 10.3. The maximum absolute atomic E-state index is 13.0. The first-order chi connectivity index (χ1) is 13.4. The van der Waals surface area contributed by atoms with E-state index >= 15 is 0 Å². The summed E-state index contributed by atoms with van der Waals surface area (Å²) in [6.45, 7) is 1.86. The molecule has 0 radical (unpaired) electrons. The number of benzene rings is 3. The molecule has 0 unspecified atom stereocenters. The van der Waals surface area contributed by atoms with Crippen molar-refractivity contribution in [3.63, 3.8) is 0 Å². The molecular weight excluding hydrogens is 374 g/mol. The lowest BCUT2D eigenvalue weighted by atomic mass is 9.99. The Labute approximate surface area is 166 Å². The molecule has 0 aliphatic rings. The number of hydrogen-bond donors (Lipinski definition) is 1. The highest BCUT2D eigenvalue weighted by molar-refractivity contribution is 7.89. The molecule has 0 amide bonds. The van der Waals surface area contributed by atoms with Crippen molar-refractivity contribution in [3.05, 3.63) is 89.5 Å². The van der Waals surface area contributed by atoms with E-state index in [1.807, 2.05) is 61.5 Å². The Balaban J connectivity index is 2.01. The van der Waals surface area contributed by atoms with Crippen LogP contribution in [0.25, 0.3) is 0 Å². The first-order valence-electron chi connectivity index (χ1n) is 8.80. The summed E-state index contributed by atoms with van der Waals surface area (Å²) in [5.74, 6) is 1.41. The fraction of sp³-hybridized carbons (Fsp3) is 0.182. The van der Waals surface area contributed by atoms with E-state index in [2.05, 4.69) is 4.72 Å². The summed E-state index contributed by atoms with van der Waals surface area (Å²) < 4.78 is 39.3. The van der Waals surface area contributed by atoms with Gasteiger partial charge in [-0.3, -0.25) is 0 Å². The van der Waals surface area contributed by atoms with Crippen molar-refractivity contribution < 1.29 is 17.9 Å². The molecule has 3 rings (SSSR count). The SMILES string of the molecule is COc1ccc(C(NS(=O)(=O)c2cccc(C)c2)c2ccc(OC)cc2)cc1. The van der Waals surface area contributed by atoms with Crippen LogP contribution in [0.2, 0.25) is 0 Å². The fourth-order valence-corrected chi connectivity index (χ4v) is 4.24. The van der Waals surface area contributed by atoms with Gasteiger partial charge >= 0.3 is 0 Å². The van der Waals surface area contributed by atoms with E-state index < -0.39 is 16.1 Å². The first kappa shape index (κ1) is 19.9. The lowest BCUT2D eigenvalue weighted by Gasteiger charge is -2.20. The molecule has 0 saturated heterocycles. The number of hydrogen-bond acceptors (Lipinski definition) is 4. The third-order valence-electron chi connectivity index (χ3n) is 4.47. The van der Waals surface area contributed by atoms with Crippen LogP contribution in [0.4, 0.5) is 0 Å². The van der Waals surface area contributed by atoms with Crippen molar-refractivity contribution in [2.75, 3.05) is 14.2 Å². The van der Waals surface area contributed by atoms with Crippen molar-refractivity contribution in [1.29, 1.82) is 0 Å². The maximum Gasteiger partial charge on any atom is 0.241 e. The van der Waals surface area contributed by atoms with Crippen LogP contribution in [0.15, 0.2) is 77.7 Å². The molecule has 0 aromatic heterocycles. The molecule has 146 valence electrons. The van der Waals surface area contributed by atoms with E-state index in [1.54, 1.807) is 32.4 Å². The van der Waals surface area contributed by atoms with E-state index in [0.29, 0.717) is 11.5 Å². The number of sulfonamides is 1. The van der Waals surface area contributed by atoms with E-state index in [4.69, 9.17) is 9.47 Å². The third-order valence-corrected chi connectivity index (χ3v) is 5.89. The molecule has 3 aromatic rings. The summed E-state index contributed by atoms with van der Waals surface area (Å²) >= 11 is 0. The van der Waals surface area contributed by atoms with Crippen LogP contribution in [0.3, 0.4) is 0 Å². The van der Waals surface area contributed by atoms with Crippen LogP contribution in [0.5, 0.6) is 11.5 Å². The molecule has 0 aliphatic carbocycles. The van der Waals surface area contributed by atoms with Gasteiger partial charge in [0.15, 0.2) is 0 Å². The molecule has 0 saturated carbocycles. The number of ether oxygens (including phenoxy) is 2. The van der Waals surface area contributed by atoms with Gasteiger partial charge in [-0.2, -0.15) is 4.72 Å². The van der Waals surface area contributed by atoms with Crippen LogP contribution in [0.1, 0.15) is 22.7 Å². The van der Waals surface area contributed by atoms with Crippen molar-refractivity contribution in [3.8, 4) is 11.5 Å². The van der Waals surface area contributed by atoms with Gasteiger partial charge in [-0.25, -0.2) is 8.42 Å². The molecule has 0 aliphatic heterocycles. The lowest BCUT2D eigenvalue weighted by Crippen LogP contribution is -2.29. The van der Waals surface area contributed by atoms with Crippen LogP contribution in [0, 0.1) is 6.92 Å². The zero-order chi connectivity index (χ0) is 20.1. The molecular formula is C22H23NO4S. The van der Waals surface area contributed by atoms with Crippen molar-refractivity contribution >= 4 is 10.0 Å². The Morgan fingerprint density at radius 3 is 1.71 bits per heavy atom. The predicted octanol–water partition coefficient (Wildman–Crippen LogP) is 4.08. The molecule has 1 N–H and O–H groups in total. The Morgan fingerprint density at radius 2 is 1.29 bits per heavy atom. The highest BCUT2D eigenvalue weighted by Crippen LogP contribution is 2.28. The largest absolute Gasteiger partial charge is 0.497 e. The van der Waals surface area contributed by atoms with Gasteiger partial charge in [-0.05, 0) is 60.0 Å². The van der Waals surface area contributed by atoms with Gasteiger partial charge in [-0.15, -0.1) is 0 Å². The summed E-state index contributed by atoms with van der Waals surface area (Å²) in [6.07, 6.45) is 0. The van der Waals surface area contributed by atoms with Gasteiger partial charge in [-0.1, -0.05) is 36.4 Å². The zero-order valence-corrected chi connectivity index (χ0v) is 16.9. The van der Waals surface area contributed by atoms with E-state index in [-0.39, 0.29) is 4.90 Å². The van der Waals surface area contributed by atoms with Gasteiger partial charge in [0.05, 0.1) is 25.2 Å². The molecule has 0 spiro atoms. The monoisotopic (exact) mass is 397 g/mol. The maximum atomic E-state index is 13.0. The zero-order valence-electron chi connectivity index (χ0n) is 16.0. The minimum Gasteiger partial charge on any atom is -0.497 e. The predicted molar refractivity (Wildman–Crippen MR) is 109 cm³/mol. The average Bonchev–Trinajstić information content (AvgIpc) is 2.72. The van der Waals surface area contributed by atoms with E-state index in [1.165, 1.54) is 0 Å². The minimum atomic E-state index is -3.72. The number of nitrogens with one attached hydrogen (secondary N) is 1. The van der Waals surface area contributed by atoms with Gasteiger partial charge in [0, 0.05) is 0 Å². The van der Waals surface area contributed by atoms with Crippen molar-refractivity contribution in [2.45, 2.75) is 17.9 Å².